The van der Waals surface area contributed by atoms with Crippen molar-refractivity contribution < 1.29 is 28.2 Å². The summed E-state index contributed by atoms with van der Waals surface area (Å²) in [7, 11) is 0. The fraction of sp³-hybridized carbons (Fsp3) is 0.607. The van der Waals surface area contributed by atoms with Crippen LogP contribution in [0.1, 0.15) is 88.9 Å². The molecular formula is C28H37FN4O5. The van der Waals surface area contributed by atoms with Crippen LogP contribution < -0.4 is 10.1 Å². The number of carbonyl (C=O) groups is 2. The fourth-order valence-corrected chi connectivity index (χ4v) is 5.13. The lowest BCUT2D eigenvalue weighted by atomic mass is 9.96. The molecule has 1 aliphatic carbocycles. The van der Waals surface area contributed by atoms with Gasteiger partial charge in [0.2, 0.25) is 0 Å². The highest BCUT2D eigenvalue weighted by molar-refractivity contribution is 5.70. The SMILES string of the molecule is CC(C)(C)OC(=O)Oc1cc(C2CC2)c(F)cc1-n1nc2c3c1CCN(C(=O)OC(C)(C)C)C3CNCC2. The summed E-state index contributed by atoms with van der Waals surface area (Å²) in [5, 5.41) is 8.28. The van der Waals surface area contributed by atoms with E-state index in [0.717, 1.165) is 29.8 Å². The van der Waals surface area contributed by atoms with Crippen molar-refractivity contribution in [2.75, 3.05) is 19.6 Å². The van der Waals surface area contributed by atoms with Crippen molar-refractivity contribution in [3.63, 3.8) is 0 Å². The minimum atomic E-state index is -0.854. The molecule has 38 heavy (non-hydrogen) atoms. The predicted molar refractivity (Wildman–Crippen MR) is 138 cm³/mol. The van der Waals surface area contributed by atoms with Crippen molar-refractivity contribution in [2.24, 2.45) is 0 Å². The Kier molecular flexibility index (Phi) is 6.65. The number of carbonyl (C=O) groups excluding carboxylic acids is 2. The third-order valence-electron chi connectivity index (χ3n) is 6.81. The number of ether oxygens (including phenoxy) is 3. The summed E-state index contributed by atoms with van der Waals surface area (Å²) < 4.78 is 33.8. The van der Waals surface area contributed by atoms with E-state index in [2.05, 4.69) is 5.32 Å². The Balaban J connectivity index is 1.56. The van der Waals surface area contributed by atoms with Gasteiger partial charge in [0.25, 0.3) is 0 Å². The van der Waals surface area contributed by atoms with Gasteiger partial charge in [0.1, 0.15) is 22.7 Å². The topological polar surface area (TPSA) is 94.9 Å². The third-order valence-corrected chi connectivity index (χ3v) is 6.81. The summed E-state index contributed by atoms with van der Waals surface area (Å²) in [6.07, 6.45) is 1.73. The van der Waals surface area contributed by atoms with Crippen LogP contribution >= 0.6 is 0 Å². The molecule has 2 aliphatic heterocycles. The number of nitrogens with one attached hydrogen (secondary N) is 1. The molecule has 0 radical (unpaired) electrons. The maximum absolute atomic E-state index is 15.3. The number of amides is 1. The number of aromatic nitrogens is 2. The maximum atomic E-state index is 15.3. The Morgan fingerprint density at radius 1 is 1.05 bits per heavy atom. The largest absolute Gasteiger partial charge is 0.514 e. The highest BCUT2D eigenvalue weighted by Crippen LogP contribution is 2.45. The molecular weight excluding hydrogens is 491 g/mol. The molecule has 3 aliphatic rings. The van der Waals surface area contributed by atoms with Crippen LogP contribution in [0.2, 0.25) is 0 Å². The van der Waals surface area contributed by atoms with E-state index < -0.39 is 17.4 Å². The molecule has 0 spiro atoms. The number of hydrogen-bond acceptors (Lipinski definition) is 7. The van der Waals surface area contributed by atoms with Gasteiger partial charge in [-0.25, -0.2) is 18.7 Å². The molecule has 1 saturated carbocycles. The summed E-state index contributed by atoms with van der Waals surface area (Å²) in [5.41, 5.74) is 2.18. The normalized spacial score (nSPS) is 19.4. The Bertz CT molecular complexity index is 1260. The Morgan fingerprint density at radius 2 is 1.76 bits per heavy atom. The van der Waals surface area contributed by atoms with Crippen LogP contribution in [0.15, 0.2) is 12.1 Å². The second-order valence-electron chi connectivity index (χ2n) is 12.3. The molecule has 1 unspecified atom stereocenters. The van der Waals surface area contributed by atoms with Crippen molar-refractivity contribution in [3.8, 4) is 11.4 Å². The van der Waals surface area contributed by atoms with Gasteiger partial charge in [0.05, 0.1) is 17.4 Å². The molecule has 206 valence electrons. The molecule has 1 fully saturated rings. The van der Waals surface area contributed by atoms with Crippen molar-refractivity contribution in [1.82, 2.24) is 20.0 Å². The Labute approximate surface area is 222 Å². The van der Waals surface area contributed by atoms with Gasteiger partial charge in [0, 0.05) is 44.1 Å². The van der Waals surface area contributed by atoms with Gasteiger partial charge < -0.3 is 19.5 Å². The van der Waals surface area contributed by atoms with Gasteiger partial charge in [-0.05, 0) is 71.9 Å². The smallest absolute Gasteiger partial charge is 0.444 e. The zero-order chi connectivity index (χ0) is 27.4. The van der Waals surface area contributed by atoms with Crippen molar-refractivity contribution >= 4 is 12.2 Å². The summed E-state index contributed by atoms with van der Waals surface area (Å²) in [6, 6.07) is 2.75. The highest BCUT2D eigenvalue weighted by atomic mass is 19.1. The number of halogens is 1. The molecule has 0 bridgehead atoms. The molecule has 5 rings (SSSR count). The number of benzene rings is 1. The molecule has 1 amide bonds. The van der Waals surface area contributed by atoms with Gasteiger partial charge in [-0.1, -0.05) is 0 Å². The summed E-state index contributed by atoms with van der Waals surface area (Å²) in [4.78, 5) is 27.5. The van der Waals surface area contributed by atoms with Crippen LogP contribution in [0.4, 0.5) is 14.0 Å². The second-order valence-corrected chi connectivity index (χ2v) is 12.3. The Hall–Kier alpha value is -3.14. The molecule has 1 N–H and O–H groups in total. The lowest BCUT2D eigenvalue weighted by Gasteiger charge is -2.36. The summed E-state index contributed by atoms with van der Waals surface area (Å²) in [6.45, 7) is 12.5. The predicted octanol–water partition coefficient (Wildman–Crippen LogP) is 5.18. The number of rotatable bonds is 3. The van der Waals surface area contributed by atoms with Crippen LogP contribution in [0.3, 0.4) is 0 Å². The van der Waals surface area contributed by atoms with Crippen LogP contribution in [-0.2, 0) is 22.3 Å². The number of hydrogen-bond donors (Lipinski definition) is 1. The van der Waals surface area contributed by atoms with E-state index in [1.807, 2.05) is 20.8 Å². The van der Waals surface area contributed by atoms with Crippen LogP contribution in [0.5, 0.6) is 5.75 Å². The second kappa shape index (κ2) is 9.55. The van der Waals surface area contributed by atoms with Gasteiger partial charge in [0.15, 0.2) is 5.75 Å². The van der Waals surface area contributed by atoms with E-state index in [4.69, 9.17) is 19.3 Å². The first-order valence-electron chi connectivity index (χ1n) is 13.4. The summed E-state index contributed by atoms with van der Waals surface area (Å²) in [5.74, 6) is -0.0161. The van der Waals surface area contributed by atoms with Crippen LogP contribution in [-0.4, -0.2) is 57.8 Å². The minimum absolute atomic E-state index is 0.121. The van der Waals surface area contributed by atoms with E-state index in [0.29, 0.717) is 43.7 Å². The van der Waals surface area contributed by atoms with Gasteiger partial charge >= 0.3 is 12.2 Å². The number of nitrogens with zero attached hydrogens (tertiary/aromatic N) is 3. The average molecular weight is 529 g/mol. The quantitative estimate of drug-likeness (QED) is 0.433. The van der Waals surface area contributed by atoms with E-state index in [1.54, 1.807) is 36.4 Å². The molecule has 3 heterocycles. The monoisotopic (exact) mass is 528 g/mol. The van der Waals surface area contributed by atoms with E-state index >= 15 is 4.39 Å². The first-order chi connectivity index (χ1) is 17.8. The van der Waals surface area contributed by atoms with Crippen molar-refractivity contribution in [1.29, 1.82) is 0 Å². The first kappa shape index (κ1) is 26.5. The molecule has 1 aromatic carbocycles. The Morgan fingerprint density at radius 3 is 2.42 bits per heavy atom. The zero-order valence-corrected chi connectivity index (χ0v) is 23.0. The van der Waals surface area contributed by atoms with Crippen LogP contribution in [0, 0.1) is 5.82 Å². The standard InChI is InChI=1S/C28H37FN4O5/c1-27(2,3)37-25(34)32-12-10-20-24-19(9-11-30-15-22(24)32)31-33(20)21-14-18(29)17(16-7-8-16)13-23(21)36-26(35)38-28(4,5)6/h13-14,16,22,30H,7-12,15H2,1-6H3. The minimum Gasteiger partial charge on any atom is -0.444 e. The van der Waals surface area contributed by atoms with E-state index in [-0.39, 0.29) is 29.6 Å². The van der Waals surface area contributed by atoms with Crippen molar-refractivity contribution in [3.05, 3.63) is 40.5 Å². The molecule has 0 saturated heterocycles. The first-order valence-corrected chi connectivity index (χ1v) is 13.4. The van der Waals surface area contributed by atoms with E-state index in [1.165, 1.54) is 6.07 Å². The highest BCUT2D eigenvalue weighted by Gasteiger charge is 2.40. The maximum Gasteiger partial charge on any atom is 0.514 e. The summed E-state index contributed by atoms with van der Waals surface area (Å²) >= 11 is 0. The lowest BCUT2D eigenvalue weighted by molar-refractivity contribution is 0.0139. The molecule has 1 aromatic heterocycles. The van der Waals surface area contributed by atoms with Gasteiger partial charge in [-0.15, -0.1) is 0 Å². The van der Waals surface area contributed by atoms with Gasteiger partial charge in [-0.3, -0.25) is 4.90 Å². The molecule has 10 heteroatoms. The molecule has 9 nitrogen and oxygen atoms in total. The fourth-order valence-electron chi connectivity index (χ4n) is 5.13. The average Bonchev–Trinajstić information content (AvgIpc) is 3.58. The third kappa shape index (κ3) is 5.50. The molecule has 1 atom stereocenters. The van der Waals surface area contributed by atoms with Crippen LogP contribution in [0.25, 0.3) is 5.69 Å². The van der Waals surface area contributed by atoms with Gasteiger partial charge in [-0.2, -0.15) is 5.10 Å². The van der Waals surface area contributed by atoms with Crippen molar-refractivity contribution in [2.45, 2.75) is 90.4 Å². The molecule has 2 aromatic rings. The lowest BCUT2D eigenvalue weighted by Crippen LogP contribution is -2.46. The van der Waals surface area contributed by atoms with E-state index in [9.17, 15) is 9.59 Å². The zero-order valence-electron chi connectivity index (χ0n) is 23.0.